The van der Waals surface area contributed by atoms with Crippen molar-refractivity contribution < 1.29 is 18.6 Å². The zero-order chi connectivity index (χ0) is 12.0. The molecule has 0 bridgehead atoms. The minimum atomic E-state index is -0.640. The van der Waals surface area contributed by atoms with Crippen molar-refractivity contribution in [2.45, 2.75) is 32.3 Å². The molecule has 0 heterocycles. The second kappa shape index (κ2) is 6.43. The van der Waals surface area contributed by atoms with Gasteiger partial charge in [0.15, 0.2) is 0 Å². The van der Waals surface area contributed by atoms with Gasteiger partial charge >= 0.3 is 0 Å². The molecule has 16 heavy (non-hydrogen) atoms. The van der Waals surface area contributed by atoms with Crippen LogP contribution in [-0.2, 0) is 0 Å². The summed E-state index contributed by atoms with van der Waals surface area (Å²) in [5.74, 6) is -1.08. The normalized spacial score (nSPS) is 12.5. The van der Waals surface area contributed by atoms with Gasteiger partial charge in [-0.15, -0.1) is 0 Å². The summed E-state index contributed by atoms with van der Waals surface area (Å²) in [5.41, 5.74) is 0. The van der Waals surface area contributed by atoms with Crippen LogP contribution in [0.1, 0.15) is 26.2 Å². The lowest BCUT2D eigenvalue weighted by atomic mass is 10.2. The molecule has 4 heteroatoms. The molecule has 1 atom stereocenters. The van der Waals surface area contributed by atoms with Gasteiger partial charge in [0.2, 0.25) is 0 Å². The van der Waals surface area contributed by atoms with Crippen molar-refractivity contribution >= 4 is 0 Å². The molecule has 1 aromatic carbocycles. The number of rotatable bonds is 6. The van der Waals surface area contributed by atoms with Crippen LogP contribution in [0.15, 0.2) is 18.2 Å². The number of aliphatic hydroxyl groups excluding tert-OH is 1. The fourth-order valence-corrected chi connectivity index (χ4v) is 1.34. The van der Waals surface area contributed by atoms with Crippen molar-refractivity contribution in [2.24, 2.45) is 0 Å². The quantitative estimate of drug-likeness (QED) is 0.761. The third kappa shape index (κ3) is 5.07. The maximum absolute atomic E-state index is 12.8. The fourth-order valence-electron chi connectivity index (χ4n) is 1.34. The molecule has 0 fully saturated rings. The first-order chi connectivity index (χ1) is 7.58. The van der Waals surface area contributed by atoms with E-state index in [2.05, 4.69) is 0 Å². The zero-order valence-electron chi connectivity index (χ0n) is 9.25. The van der Waals surface area contributed by atoms with E-state index in [1.165, 1.54) is 0 Å². The summed E-state index contributed by atoms with van der Waals surface area (Å²) < 4.78 is 30.7. The third-order valence-corrected chi connectivity index (χ3v) is 2.12. The van der Waals surface area contributed by atoms with Crippen molar-refractivity contribution in [1.29, 1.82) is 0 Å². The van der Waals surface area contributed by atoms with Gasteiger partial charge in [-0.1, -0.05) is 0 Å². The maximum Gasteiger partial charge on any atom is 0.129 e. The highest BCUT2D eigenvalue weighted by atomic mass is 19.1. The smallest absolute Gasteiger partial charge is 0.129 e. The van der Waals surface area contributed by atoms with Crippen molar-refractivity contribution in [3.63, 3.8) is 0 Å². The average Bonchev–Trinajstić information content (AvgIpc) is 2.15. The molecule has 0 saturated carbocycles. The van der Waals surface area contributed by atoms with E-state index < -0.39 is 11.6 Å². The van der Waals surface area contributed by atoms with Gasteiger partial charge in [-0.25, -0.2) is 8.78 Å². The zero-order valence-corrected chi connectivity index (χ0v) is 9.25. The maximum atomic E-state index is 12.8. The minimum Gasteiger partial charge on any atom is -0.493 e. The molecular formula is C12H16F2O2. The lowest BCUT2D eigenvalue weighted by Crippen LogP contribution is -2.02. The van der Waals surface area contributed by atoms with Gasteiger partial charge in [0.1, 0.15) is 17.4 Å². The van der Waals surface area contributed by atoms with Crippen LogP contribution in [0.2, 0.25) is 0 Å². The molecule has 0 aromatic heterocycles. The first-order valence-corrected chi connectivity index (χ1v) is 5.35. The summed E-state index contributed by atoms with van der Waals surface area (Å²) >= 11 is 0. The van der Waals surface area contributed by atoms with E-state index in [9.17, 15) is 8.78 Å². The van der Waals surface area contributed by atoms with E-state index in [0.717, 1.165) is 31.0 Å². The highest BCUT2D eigenvalue weighted by molar-refractivity contribution is 5.23. The third-order valence-electron chi connectivity index (χ3n) is 2.12. The summed E-state index contributed by atoms with van der Waals surface area (Å²) in [6, 6.07) is 3.11. The van der Waals surface area contributed by atoms with Crippen LogP contribution < -0.4 is 4.74 Å². The molecule has 2 nitrogen and oxygen atoms in total. The Morgan fingerprint density at radius 2 is 1.81 bits per heavy atom. The Labute approximate surface area is 93.9 Å². The van der Waals surface area contributed by atoms with Gasteiger partial charge in [-0.2, -0.15) is 0 Å². The van der Waals surface area contributed by atoms with Crippen LogP contribution in [0.25, 0.3) is 0 Å². The van der Waals surface area contributed by atoms with Gasteiger partial charge < -0.3 is 9.84 Å². The summed E-state index contributed by atoms with van der Waals surface area (Å²) in [5, 5.41) is 9.00. The second-order valence-electron chi connectivity index (χ2n) is 3.80. The molecule has 0 aliphatic carbocycles. The first-order valence-electron chi connectivity index (χ1n) is 5.35. The highest BCUT2D eigenvalue weighted by Crippen LogP contribution is 2.15. The molecule has 1 N–H and O–H groups in total. The summed E-state index contributed by atoms with van der Waals surface area (Å²) in [6.45, 7) is 2.12. The van der Waals surface area contributed by atoms with Gasteiger partial charge in [0.25, 0.3) is 0 Å². The van der Waals surface area contributed by atoms with Gasteiger partial charge in [0.05, 0.1) is 12.7 Å². The van der Waals surface area contributed by atoms with Crippen molar-refractivity contribution in [2.75, 3.05) is 6.61 Å². The van der Waals surface area contributed by atoms with E-state index in [-0.39, 0.29) is 11.9 Å². The monoisotopic (exact) mass is 230 g/mol. The molecule has 0 aliphatic rings. The predicted molar refractivity (Wildman–Crippen MR) is 57.4 cm³/mol. The number of hydrogen-bond donors (Lipinski definition) is 1. The van der Waals surface area contributed by atoms with Gasteiger partial charge in [-0.05, 0) is 26.2 Å². The largest absolute Gasteiger partial charge is 0.493 e. The Morgan fingerprint density at radius 3 is 2.38 bits per heavy atom. The summed E-state index contributed by atoms with van der Waals surface area (Å²) in [7, 11) is 0. The topological polar surface area (TPSA) is 29.5 Å². The van der Waals surface area contributed by atoms with Gasteiger partial charge in [-0.3, -0.25) is 0 Å². The van der Waals surface area contributed by atoms with Crippen molar-refractivity contribution in [1.82, 2.24) is 0 Å². The average molecular weight is 230 g/mol. The molecule has 1 unspecified atom stereocenters. The number of hydrogen-bond acceptors (Lipinski definition) is 2. The molecule has 90 valence electrons. The number of halogens is 2. The summed E-state index contributed by atoms with van der Waals surface area (Å²) in [4.78, 5) is 0. The van der Waals surface area contributed by atoms with E-state index in [4.69, 9.17) is 9.84 Å². The first kappa shape index (κ1) is 12.9. The lowest BCUT2D eigenvalue weighted by molar-refractivity contribution is 0.177. The van der Waals surface area contributed by atoms with Crippen LogP contribution in [0, 0.1) is 11.6 Å². The molecule has 0 amide bonds. The molecule has 0 spiro atoms. The molecule has 1 rings (SSSR count). The number of aliphatic hydroxyl groups is 1. The number of benzene rings is 1. The Morgan fingerprint density at radius 1 is 1.19 bits per heavy atom. The van der Waals surface area contributed by atoms with Gasteiger partial charge in [0, 0.05) is 18.2 Å². The lowest BCUT2D eigenvalue weighted by Gasteiger charge is -2.07. The van der Waals surface area contributed by atoms with Crippen molar-refractivity contribution in [3.05, 3.63) is 29.8 Å². The minimum absolute atomic E-state index is 0.203. The Hall–Kier alpha value is -1.16. The van der Waals surface area contributed by atoms with Crippen LogP contribution >= 0.6 is 0 Å². The van der Waals surface area contributed by atoms with Crippen LogP contribution in [-0.4, -0.2) is 17.8 Å². The van der Waals surface area contributed by atoms with Crippen LogP contribution in [0.5, 0.6) is 5.75 Å². The molecule has 1 aromatic rings. The fraction of sp³-hybridized carbons (Fsp3) is 0.500. The van der Waals surface area contributed by atoms with E-state index in [1.807, 2.05) is 0 Å². The Kier molecular flexibility index (Phi) is 5.19. The van der Waals surface area contributed by atoms with E-state index in [1.54, 1.807) is 6.92 Å². The van der Waals surface area contributed by atoms with E-state index >= 15 is 0 Å². The Balaban J connectivity index is 2.26. The molecular weight excluding hydrogens is 214 g/mol. The predicted octanol–water partition coefficient (Wildman–Crippen LogP) is 2.89. The highest BCUT2D eigenvalue weighted by Gasteiger charge is 2.01. The molecule has 0 aliphatic heterocycles. The van der Waals surface area contributed by atoms with Crippen molar-refractivity contribution in [3.8, 4) is 5.75 Å². The number of unbranched alkanes of at least 4 members (excludes halogenated alkanes) is 1. The molecule has 0 radical (unpaired) electrons. The second-order valence-corrected chi connectivity index (χ2v) is 3.80. The molecule has 0 saturated heterocycles. The summed E-state index contributed by atoms with van der Waals surface area (Å²) in [6.07, 6.45) is 1.98. The van der Waals surface area contributed by atoms with Crippen LogP contribution in [0.3, 0.4) is 0 Å². The van der Waals surface area contributed by atoms with Crippen LogP contribution in [0.4, 0.5) is 8.78 Å². The Bertz CT molecular complexity index is 307. The standard InChI is InChI=1S/C12H16F2O2/c1-9(15)4-2-3-5-16-12-7-10(13)6-11(14)8-12/h6-9,15H,2-5H2,1H3. The van der Waals surface area contributed by atoms with E-state index in [0.29, 0.717) is 13.0 Å². The number of ether oxygens (including phenoxy) is 1. The SMILES string of the molecule is CC(O)CCCCOc1cc(F)cc(F)c1.